The van der Waals surface area contributed by atoms with Crippen molar-refractivity contribution in [2.45, 2.75) is 38.3 Å². The molecular weight excluding hydrogens is 353 g/mol. The summed E-state index contributed by atoms with van der Waals surface area (Å²) < 4.78 is 38.9. The van der Waals surface area contributed by atoms with Crippen LogP contribution < -0.4 is 0 Å². The summed E-state index contributed by atoms with van der Waals surface area (Å²) in [6.07, 6.45) is 2.06. The molecule has 144 valence electrons. The summed E-state index contributed by atoms with van der Waals surface area (Å²) in [5.74, 6) is 0.220. The smallest absolute Gasteiger partial charge is 0.305 e. The number of benzene rings is 1. The number of aromatic nitrogens is 2. The fourth-order valence-corrected chi connectivity index (χ4v) is 3.38. The molecule has 0 radical (unpaired) electrons. The van der Waals surface area contributed by atoms with Gasteiger partial charge in [-0.15, -0.1) is 0 Å². The lowest BCUT2D eigenvalue weighted by Gasteiger charge is -2.26. The highest BCUT2D eigenvalue weighted by molar-refractivity contribution is 5.73. The number of hydrogen-bond donors (Lipinski definition) is 1. The summed E-state index contributed by atoms with van der Waals surface area (Å²) >= 11 is 0. The van der Waals surface area contributed by atoms with E-state index in [1.54, 1.807) is 12.1 Å². The highest BCUT2D eigenvalue weighted by Gasteiger charge is 2.30. The lowest BCUT2D eigenvalue weighted by Crippen LogP contribution is -2.30. The summed E-state index contributed by atoms with van der Waals surface area (Å²) in [5, 5.41) is 7.44. The average molecular weight is 376 g/mol. The third-order valence-corrected chi connectivity index (χ3v) is 4.77. The van der Waals surface area contributed by atoms with Crippen LogP contribution in [-0.2, 0) is 12.6 Å². The number of halogens is 3. The standard InChI is InChI=1S/C20H23F3N4/c21-20(22,23)16-7-4-6-15(12-16)18-13-17(25-19(14-24)26-18)8-5-11-27-9-2-1-3-10-27/h4,6-7,12-14,24H,1-3,5,8-11H2. The van der Waals surface area contributed by atoms with Gasteiger partial charge in [-0.1, -0.05) is 18.6 Å². The van der Waals surface area contributed by atoms with E-state index in [2.05, 4.69) is 14.9 Å². The van der Waals surface area contributed by atoms with Crippen LogP contribution in [0.3, 0.4) is 0 Å². The van der Waals surface area contributed by atoms with Crippen LogP contribution in [0.4, 0.5) is 13.2 Å². The Morgan fingerprint density at radius 1 is 1.07 bits per heavy atom. The van der Waals surface area contributed by atoms with Crippen molar-refractivity contribution < 1.29 is 13.2 Å². The minimum absolute atomic E-state index is 0.220. The van der Waals surface area contributed by atoms with Gasteiger partial charge < -0.3 is 10.3 Å². The van der Waals surface area contributed by atoms with Crippen LogP contribution in [0, 0.1) is 5.41 Å². The maximum absolute atomic E-state index is 13.0. The van der Waals surface area contributed by atoms with Crippen molar-refractivity contribution in [3.63, 3.8) is 0 Å². The average Bonchev–Trinajstić information content (AvgIpc) is 2.68. The third kappa shape index (κ3) is 5.35. The van der Waals surface area contributed by atoms with Crippen molar-refractivity contribution in [1.82, 2.24) is 14.9 Å². The molecular formula is C20H23F3N4. The quantitative estimate of drug-likeness (QED) is 0.751. The van der Waals surface area contributed by atoms with Crippen molar-refractivity contribution in [3.8, 4) is 11.3 Å². The number of nitrogens with zero attached hydrogens (tertiary/aromatic N) is 3. The van der Waals surface area contributed by atoms with Gasteiger partial charge in [0.05, 0.1) is 17.5 Å². The van der Waals surface area contributed by atoms with Gasteiger partial charge in [-0.25, -0.2) is 9.97 Å². The number of rotatable bonds is 6. The van der Waals surface area contributed by atoms with Gasteiger partial charge in [0.2, 0.25) is 0 Å². The molecule has 0 aliphatic carbocycles. The second-order valence-electron chi connectivity index (χ2n) is 6.83. The Morgan fingerprint density at radius 3 is 2.56 bits per heavy atom. The largest absolute Gasteiger partial charge is 0.416 e. The molecule has 0 atom stereocenters. The van der Waals surface area contributed by atoms with Crippen LogP contribution in [0.15, 0.2) is 30.3 Å². The number of aryl methyl sites for hydroxylation is 1. The van der Waals surface area contributed by atoms with Gasteiger partial charge in [0.25, 0.3) is 0 Å². The van der Waals surface area contributed by atoms with Crippen LogP contribution in [0.5, 0.6) is 0 Å². The Balaban J connectivity index is 1.76. The number of likely N-dealkylation sites (tertiary alicyclic amines) is 1. The summed E-state index contributed by atoms with van der Waals surface area (Å²) in [4.78, 5) is 11.0. The summed E-state index contributed by atoms with van der Waals surface area (Å²) in [7, 11) is 0. The molecule has 2 aromatic rings. The van der Waals surface area contributed by atoms with Gasteiger partial charge in [0.15, 0.2) is 5.82 Å². The van der Waals surface area contributed by atoms with Gasteiger partial charge in [-0.2, -0.15) is 13.2 Å². The molecule has 4 nitrogen and oxygen atoms in total. The molecule has 0 saturated carbocycles. The molecule has 1 saturated heterocycles. The van der Waals surface area contributed by atoms with E-state index >= 15 is 0 Å². The molecule has 2 heterocycles. The number of nitrogens with one attached hydrogen (secondary N) is 1. The molecule has 0 spiro atoms. The van der Waals surface area contributed by atoms with E-state index in [1.807, 2.05) is 0 Å². The molecule has 1 aliphatic rings. The van der Waals surface area contributed by atoms with Crippen LogP contribution >= 0.6 is 0 Å². The Hall–Kier alpha value is -2.28. The maximum atomic E-state index is 13.0. The first-order valence-corrected chi connectivity index (χ1v) is 9.24. The van der Waals surface area contributed by atoms with Gasteiger partial charge in [-0.05, 0) is 63.5 Å². The Bertz CT molecular complexity index is 783. The van der Waals surface area contributed by atoms with E-state index in [4.69, 9.17) is 5.41 Å². The van der Waals surface area contributed by atoms with Crippen molar-refractivity contribution in [2.24, 2.45) is 0 Å². The van der Waals surface area contributed by atoms with Crippen LogP contribution in [0.25, 0.3) is 11.3 Å². The molecule has 1 aromatic heterocycles. The zero-order valence-electron chi connectivity index (χ0n) is 15.1. The predicted octanol–water partition coefficient (Wildman–Crippen LogP) is 4.58. The van der Waals surface area contributed by atoms with Crippen LogP contribution in [0.2, 0.25) is 0 Å². The van der Waals surface area contributed by atoms with E-state index in [0.29, 0.717) is 17.7 Å². The monoisotopic (exact) mass is 376 g/mol. The van der Waals surface area contributed by atoms with Crippen molar-refractivity contribution in [3.05, 3.63) is 47.4 Å². The Morgan fingerprint density at radius 2 is 1.85 bits per heavy atom. The lowest BCUT2D eigenvalue weighted by atomic mass is 10.1. The van der Waals surface area contributed by atoms with E-state index in [1.165, 1.54) is 25.3 Å². The SMILES string of the molecule is N=Cc1nc(CCCN2CCCCC2)cc(-c2cccc(C(F)(F)F)c2)n1. The molecule has 7 heteroatoms. The third-order valence-electron chi connectivity index (χ3n) is 4.77. The first-order valence-electron chi connectivity index (χ1n) is 9.24. The summed E-state index contributed by atoms with van der Waals surface area (Å²) in [5.41, 5.74) is 0.852. The second-order valence-corrected chi connectivity index (χ2v) is 6.83. The lowest BCUT2D eigenvalue weighted by molar-refractivity contribution is -0.137. The van der Waals surface area contributed by atoms with E-state index < -0.39 is 11.7 Å². The molecule has 1 N–H and O–H groups in total. The predicted molar refractivity (Wildman–Crippen MR) is 99.0 cm³/mol. The van der Waals surface area contributed by atoms with Crippen LogP contribution in [0.1, 0.15) is 42.8 Å². The van der Waals surface area contributed by atoms with Crippen LogP contribution in [-0.4, -0.2) is 40.7 Å². The molecule has 27 heavy (non-hydrogen) atoms. The van der Waals surface area contributed by atoms with E-state index in [-0.39, 0.29) is 5.82 Å². The minimum atomic E-state index is -4.40. The fraction of sp³-hybridized carbons (Fsp3) is 0.450. The number of piperidine rings is 1. The zero-order valence-corrected chi connectivity index (χ0v) is 15.1. The number of alkyl halides is 3. The maximum Gasteiger partial charge on any atom is 0.416 e. The normalized spacial score (nSPS) is 15.7. The van der Waals surface area contributed by atoms with E-state index in [0.717, 1.165) is 50.1 Å². The Labute approximate surface area is 157 Å². The highest BCUT2D eigenvalue weighted by Crippen LogP contribution is 2.31. The molecule has 0 unspecified atom stereocenters. The summed E-state index contributed by atoms with van der Waals surface area (Å²) in [6, 6.07) is 6.84. The van der Waals surface area contributed by atoms with Crippen molar-refractivity contribution in [1.29, 1.82) is 5.41 Å². The second kappa shape index (κ2) is 8.61. The van der Waals surface area contributed by atoms with Crippen molar-refractivity contribution >= 4 is 6.21 Å². The minimum Gasteiger partial charge on any atom is -0.305 e. The van der Waals surface area contributed by atoms with Gasteiger partial charge in [0.1, 0.15) is 0 Å². The first kappa shape index (κ1) is 19.5. The fourth-order valence-electron chi connectivity index (χ4n) is 3.38. The molecule has 1 aliphatic heterocycles. The molecule has 3 rings (SSSR count). The first-order chi connectivity index (χ1) is 13.0. The zero-order chi connectivity index (χ0) is 19.3. The van der Waals surface area contributed by atoms with E-state index in [9.17, 15) is 13.2 Å². The molecule has 0 bridgehead atoms. The topological polar surface area (TPSA) is 52.9 Å². The molecule has 0 amide bonds. The van der Waals surface area contributed by atoms with Gasteiger partial charge in [0, 0.05) is 11.3 Å². The summed E-state index contributed by atoms with van der Waals surface area (Å²) in [6.45, 7) is 3.25. The molecule has 1 aromatic carbocycles. The Kier molecular flexibility index (Phi) is 6.21. The van der Waals surface area contributed by atoms with Gasteiger partial charge >= 0.3 is 6.18 Å². The number of hydrogen-bond acceptors (Lipinski definition) is 4. The van der Waals surface area contributed by atoms with Gasteiger partial charge in [-0.3, -0.25) is 0 Å². The molecule has 1 fully saturated rings. The van der Waals surface area contributed by atoms with Crippen molar-refractivity contribution in [2.75, 3.05) is 19.6 Å². The highest BCUT2D eigenvalue weighted by atomic mass is 19.4.